The molecule has 29 heavy (non-hydrogen) atoms. The normalized spacial score (nSPS) is 19.6. The van der Waals surface area contributed by atoms with E-state index >= 15 is 0 Å². The molecule has 1 aromatic rings. The van der Waals surface area contributed by atoms with Gasteiger partial charge in [0.2, 0.25) is 5.91 Å². The third-order valence-electron chi connectivity index (χ3n) is 5.33. The van der Waals surface area contributed by atoms with E-state index in [1.165, 1.54) is 17.9 Å². The van der Waals surface area contributed by atoms with E-state index < -0.39 is 23.9 Å². The molecular formula is C20H22FN5O3. The first-order valence-electron chi connectivity index (χ1n) is 9.49. The van der Waals surface area contributed by atoms with Gasteiger partial charge < -0.3 is 15.0 Å². The zero-order chi connectivity index (χ0) is 21.0. The van der Waals surface area contributed by atoms with E-state index in [-0.39, 0.29) is 24.9 Å². The summed E-state index contributed by atoms with van der Waals surface area (Å²) in [7, 11) is 0. The van der Waals surface area contributed by atoms with Crippen LogP contribution in [0.5, 0.6) is 0 Å². The fourth-order valence-corrected chi connectivity index (χ4v) is 3.73. The lowest BCUT2D eigenvalue weighted by molar-refractivity contribution is -0.119. The van der Waals surface area contributed by atoms with Crippen molar-refractivity contribution in [1.82, 2.24) is 5.32 Å². The first-order valence-corrected chi connectivity index (χ1v) is 9.49. The Morgan fingerprint density at radius 2 is 2.03 bits per heavy atom. The van der Waals surface area contributed by atoms with Crippen molar-refractivity contribution in [3.63, 3.8) is 0 Å². The van der Waals surface area contributed by atoms with Gasteiger partial charge in [-0.15, -0.1) is 0 Å². The number of nitrogens with one attached hydrogen (secondary N) is 1. The van der Waals surface area contributed by atoms with Crippen LogP contribution in [0.2, 0.25) is 0 Å². The van der Waals surface area contributed by atoms with E-state index in [1.807, 2.05) is 17.0 Å². The molecule has 0 saturated carbocycles. The lowest BCUT2D eigenvalue weighted by Gasteiger charge is -2.34. The van der Waals surface area contributed by atoms with Crippen molar-refractivity contribution in [2.75, 3.05) is 36.0 Å². The second-order valence-electron chi connectivity index (χ2n) is 7.25. The van der Waals surface area contributed by atoms with Crippen LogP contribution in [0.15, 0.2) is 18.2 Å². The molecule has 0 radical (unpaired) electrons. The third kappa shape index (κ3) is 4.57. The fourth-order valence-electron chi connectivity index (χ4n) is 3.73. The number of ether oxygens (including phenoxy) is 1. The molecule has 1 atom stereocenters. The molecule has 2 saturated heterocycles. The minimum absolute atomic E-state index is 0.00324. The summed E-state index contributed by atoms with van der Waals surface area (Å²) in [6, 6.07) is 8.65. The molecule has 8 nitrogen and oxygen atoms in total. The summed E-state index contributed by atoms with van der Waals surface area (Å²) in [5.41, 5.74) is 0.825. The van der Waals surface area contributed by atoms with Gasteiger partial charge in [0, 0.05) is 20.0 Å². The Morgan fingerprint density at radius 3 is 2.62 bits per heavy atom. The monoisotopic (exact) mass is 399 g/mol. The van der Waals surface area contributed by atoms with Crippen LogP contribution >= 0.6 is 0 Å². The van der Waals surface area contributed by atoms with Gasteiger partial charge in [-0.25, -0.2) is 9.18 Å². The Bertz CT molecular complexity index is 856. The lowest BCUT2D eigenvalue weighted by Crippen LogP contribution is -2.36. The summed E-state index contributed by atoms with van der Waals surface area (Å²) in [4.78, 5) is 26.3. The van der Waals surface area contributed by atoms with Crippen molar-refractivity contribution >= 4 is 23.4 Å². The highest BCUT2D eigenvalue weighted by molar-refractivity contribution is 5.90. The van der Waals surface area contributed by atoms with Crippen LogP contribution in [-0.4, -0.2) is 44.3 Å². The number of benzene rings is 1. The van der Waals surface area contributed by atoms with Gasteiger partial charge in [0.25, 0.3) is 0 Å². The topological polar surface area (TPSA) is 109 Å². The lowest BCUT2D eigenvalue weighted by atomic mass is 9.86. The van der Waals surface area contributed by atoms with E-state index in [0.29, 0.717) is 37.3 Å². The Labute approximate surface area is 168 Å². The SMILES string of the molecule is CC(=O)NC[C@H]1CN(c2ccc(N3CCC(C(C#N)C#N)CC3)c(F)c2)C(=O)O1. The first-order chi connectivity index (χ1) is 13.9. The maximum atomic E-state index is 14.8. The van der Waals surface area contributed by atoms with Gasteiger partial charge in [-0.3, -0.25) is 9.69 Å². The number of nitriles is 2. The Balaban J connectivity index is 1.64. The van der Waals surface area contributed by atoms with Crippen LogP contribution in [0.3, 0.4) is 0 Å². The highest BCUT2D eigenvalue weighted by Crippen LogP contribution is 2.32. The molecule has 2 fully saturated rings. The van der Waals surface area contributed by atoms with Crippen molar-refractivity contribution in [1.29, 1.82) is 10.5 Å². The number of piperidine rings is 1. The van der Waals surface area contributed by atoms with Gasteiger partial charge in [-0.1, -0.05) is 0 Å². The number of anilines is 2. The van der Waals surface area contributed by atoms with Crippen LogP contribution in [0.25, 0.3) is 0 Å². The highest BCUT2D eigenvalue weighted by Gasteiger charge is 2.33. The number of hydrogen-bond donors (Lipinski definition) is 1. The largest absolute Gasteiger partial charge is 0.442 e. The van der Waals surface area contributed by atoms with Crippen LogP contribution in [-0.2, 0) is 9.53 Å². The standard InChI is InChI=1S/C20H22FN5O3/c1-13(27)24-11-17-12-26(20(28)29-17)16-2-3-19(18(21)8-16)25-6-4-14(5-7-25)15(9-22)10-23/h2-3,8,14-15,17H,4-7,11-12H2,1H3,(H,24,27)/t17-/m0/s1. The quantitative estimate of drug-likeness (QED) is 0.813. The Kier molecular flexibility index (Phi) is 6.18. The number of nitrogens with zero attached hydrogens (tertiary/aromatic N) is 4. The molecular weight excluding hydrogens is 377 g/mol. The molecule has 1 aromatic carbocycles. The maximum absolute atomic E-state index is 14.8. The number of carbonyl (C=O) groups is 2. The van der Waals surface area contributed by atoms with Crippen molar-refractivity contribution in [2.24, 2.45) is 11.8 Å². The summed E-state index contributed by atoms with van der Waals surface area (Å²) in [5.74, 6) is -1.29. The minimum Gasteiger partial charge on any atom is -0.442 e. The Hall–Kier alpha value is -3.33. The zero-order valence-corrected chi connectivity index (χ0v) is 16.1. The zero-order valence-electron chi connectivity index (χ0n) is 16.1. The fraction of sp³-hybridized carbons (Fsp3) is 0.500. The summed E-state index contributed by atoms with van der Waals surface area (Å²) < 4.78 is 20.0. The van der Waals surface area contributed by atoms with E-state index in [9.17, 15) is 14.0 Å². The average molecular weight is 399 g/mol. The van der Waals surface area contributed by atoms with Gasteiger partial charge in [-0.2, -0.15) is 10.5 Å². The Morgan fingerprint density at radius 1 is 1.34 bits per heavy atom. The maximum Gasteiger partial charge on any atom is 0.414 e. The van der Waals surface area contributed by atoms with E-state index in [4.69, 9.17) is 15.3 Å². The number of hydrogen-bond acceptors (Lipinski definition) is 6. The molecule has 2 aliphatic heterocycles. The second kappa shape index (κ2) is 8.78. The van der Waals surface area contributed by atoms with Crippen molar-refractivity contribution in [3.05, 3.63) is 24.0 Å². The number of carbonyl (C=O) groups excluding carboxylic acids is 2. The molecule has 0 unspecified atom stereocenters. The van der Waals surface area contributed by atoms with Gasteiger partial charge in [0.15, 0.2) is 0 Å². The molecule has 0 aromatic heterocycles. The summed E-state index contributed by atoms with van der Waals surface area (Å²) >= 11 is 0. The predicted octanol–water partition coefficient (Wildman–Crippen LogP) is 2.17. The van der Waals surface area contributed by atoms with Gasteiger partial charge in [-0.05, 0) is 37.0 Å². The molecule has 1 N–H and O–H groups in total. The molecule has 0 spiro atoms. The molecule has 9 heteroatoms. The van der Waals surface area contributed by atoms with E-state index in [1.54, 1.807) is 12.1 Å². The van der Waals surface area contributed by atoms with Crippen LogP contribution < -0.4 is 15.1 Å². The molecule has 2 aliphatic rings. The van der Waals surface area contributed by atoms with Gasteiger partial charge >= 0.3 is 6.09 Å². The van der Waals surface area contributed by atoms with Crippen molar-refractivity contribution in [3.8, 4) is 12.1 Å². The van der Waals surface area contributed by atoms with Crippen molar-refractivity contribution in [2.45, 2.75) is 25.9 Å². The smallest absolute Gasteiger partial charge is 0.414 e. The van der Waals surface area contributed by atoms with Crippen LogP contribution in [0.4, 0.5) is 20.6 Å². The van der Waals surface area contributed by atoms with E-state index in [0.717, 1.165) is 0 Å². The molecule has 152 valence electrons. The predicted molar refractivity (Wildman–Crippen MR) is 102 cm³/mol. The molecule has 2 heterocycles. The third-order valence-corrected chi connectivity index (χ3v) is 5.33. The highest BCUT2D eigenvalue weighted by atomic mass is 19.1. The number of halogens is 1. The second-order valence-corrected chi connectivity index (χ2v) is 7.25. The van der Waals surface area contributed by atoms with Crippen LogP contribution in [0, 0.1) is 40.3 Å². The molecule has 2 amide bonds. The van der Waals surface area contributed by atoms with Gasteiger partial charge in [0.05, 0.1) is 36.6 Å². The van der Waals surface area contributed by atoms with Gasteiger partial charge in [0.1, 0.15) is 17.8 Å². The molecule has 0 aliphatic carbocycles. The first kappa shape index (κ1) is 20.4. The average Bonchev–Trinajstić information content (AvgIpc) is 3.08. The number of cyclic esters (lactones) is 1. The minimum atomic E-state index is -0.629. The number of amides is 2. The molecule has 0 bridgehead atoms. The molecule has 3 rings (SSSR count). The summed E-state index contributed by atoms with van der Waals surface area (Å²) in [5, 5.41) is 20.7. The summed E-state index contributed by atoms with van der Waals surface area (Å²) in [6.07, 6.45) is 0.237. The summed E-state index contributed by atoms with van der Waals surface area (Å²) in [6.45, 7) is 2.94. The van der Waals surface area contributed by atoms with Crippen molar-refractivity contribution < 1.29 is 18.7 Å². The van der Waals surface area contributed by atoms with Crippen LogP contribution in [0.1, 0.15) is 19.8 Å². The van der Waals surface area contributed by atoms with E-state index in [2.05, 4.69) is 5.32 Å². The number of rotatable bonds is 5.